The normalized spacial score (nSPS) is 11.0. The van der Waals surface area contributed by atoms with Gasteiger partial charge >= 0.3 is 0 Å². The number of para-hydroxylation sites is 1. The minimum atomic E-state index is -4.27. The Hall–Kier alpha value is -3.43. The van der Waals surface area contributed by atoms with Crippen LogP contribution in [0.3, 0.4) is 0 Å². The topological polar surface area (TPSA) is 116 Å². The van der Waals surface area contributed by atoms with Crippen LogP contribution in [-0.4, -0.2) is 26.4 Å². The minimum absolute atomic E-state index is 0.0558. The van der Waals surface area contributed by atoms with E-state index in [0.29, 0.717) is 11.3 Å². The molecule has 1 N–H and O–H groups in total. The second kappa shape index (κ2) is 9.15. The van der Waals surface area contributed by atoms with Crippen LogP contribution in [0.2, 0.25) is 5.02 Å². The minimum Gasteiger partial charge on any atom is -0.496 e. The van der Waals surface area contributed by atoms with Crippen LogP contribution in [0.5, 0.6) is 5.75 Å². The van der Waals surface area contributed by atoms with E-state index in [1.165, 1.54) is 31.4 Å². The third kappa shape index (κ3) is 4.68. The number of hydrogen-bond donors (Lipinski definition) is 1. The Morgan fingerprint density at radius 3 is 2.42 bits per heavy atom. The van der Waals surface area contributed by atoms with Gasteiger partial charge in [-0.2, -0.15) is 0 Å². The fourth-order valence-electron chi connectivity index (χ4n) is 2.94. The molecule has 0 aliphatic carbocycles. The predicted octanol–water partition coefficient (Wildman–Crippen LogP) is 4.02. The molecule has 31 heavy (non-hydrogen) atoms. The number of halogens is 1. The molecule has 10 heteroatoms. The quantitative estimate of drug-likeness (QED) is 0.420. The van der Waals surface area contributed by atoms with Gasteiger partial charge in [0, 0.05) is 23.7 Å². The molecule has 0 radical (unpaired) electrons. The lowest BCUT2D eigenvalue weighted by Crippen LogP contribution is -2.23. The molecule has 3 aromatic carbocycles. The van der Waals surface area contributed by atoms with Crippen molar-refractivity contribution < 1.29 is 22.9 Å². The van der Waals surface area contributed by atoms with Crippen LogP contribution < -0.4 is 10.1 Å². The molecule has 0 atom stereocenters. The van der Waals surface area contributed by atoms with Crippen LogP contribution >= 0.6 is 11.6 Å². The number of hydrogen-bond acceptors (Lipinski definition) is 6. The van der Waals surface area contributed by atoms with Gasteiger partial charge in [0.05, 0.1) is 22.0 Å². The number of nitrogens with one attached hydrogen (secondary N) is 1. The third-order valence-corrected chi connectivity index (χ3v) is 6.77. The number of nitro benzene ring substituents is 1. The summed E-state index contributed by atoms with van der Waals surface area (Å²) in [6, 6.07) is 15.9. The smallest absolute Gasteiger partial charge is 0.289 e. The number of ether oxygens (including phenoxy) is 1. The maximum Gasteiger partial charge on any atom is 0.289 e. The lowest BCUT2D eigenvalue weighted by Gasteiger charge is -2.11. The van der Waals surface area contributed by atoms with Crippen LogP contribution in [0.4, 0.5) is 5.69 Å². The fourth-order valence-corrected chi connectivity index (χ4v) is 4.85. The number of sulfone groups is 1. The van der Waals surface area contributed by atoms with Crippen LogP contribution in [0.25, 0.3) is 0 Å². The molecule has 0 aliphatic rings. The SMILES string of the molecule is COc1ccccc1CNC(=O)c1ccc(S(=O)(=O)c2ccccc2Cl)c([N+](=O)[O-])c1. The van der Waals surface area contributed by atoms with E-state index in [-0.39, 0.29) is 22.0 Å². The van der Waals surface area contributed by atoms with Crippen molar-refractivity contribution in [2.75, 3.05) is 7.11 Å². The molecule has 160 valence electrons. The second-order valence-corrected chi connectivity index (χ2v) is 8.66. The van der Waals surface area contributed by atoms with Crippen molar-refractivity contribution in [1.29, 1.82) is 0 Å². The highest BCUT2D eigenvalue weighted by Crippen LogP contribution is 2.33. The lowest BCUT2D eigenvalue weighted by atomic mass is 10.1. The maximum absolute atomic E-state index is 12.9. The number of carbonyl (C=O) groups is 1. The summed E-state index contributed by atoms with van der Waals surface area (Å²) in [6.07, 6.45) is 0. The molecule has 3 rings (SSSR count). The number of carbonyl (C=O) groups excluding carboxylic acids is 1. The summed E-state index contributed by atoms with van der Waals surface area (Å²) in [4.78, 5) is 22.5. The summed E-state index contributed by atoms with van der Waals surface area (Å²) in [7, 11) is -2.77. The molecule has 0 heterocycles. The fraction of sp³-hybridized carbons (Fsp3) is 0.0952. The van der Waals surface area contributed by atoms with E-state index in [0.717, 1.165) is 12.1 Å². The van der Waals surface area contributed by atoms with Crippen molar-refractivity contribution in [3.63, 3.8) is 0 Å². The summed E-state index contributed by atoms with van der Waals surface area (Å²) < 4.78 is 31.1. The molecule has 8 nitrogen and oxygen atoms in total. The number of amides is 1. The van der Waals surface area contributed by atoms with Gasteiger partial charge in [0.15, 0.2) is 0 Å². The number of nitro groups is 1. The standard InChI is InChI=1S/C21H17ClN2O6S/c1-30-18-8-4-2-6-15(18)13-23-21(25)14-10-11-20(17(12-14)24(26)27)31(28,29)19-9-5-3-7-16(19)22/h2-12H,13H2,1H3,(H,23,25). The Morgan fingerprint density at radius 1 is 1.06 bits per heavy atom. The Balaban J connectivity index is 1.93. The van der Waals surface area contributed by atoms with Crippen LogP contribution in [0.15, 0.2) is 76.5 Å². The van der Waals surface area contributed by atoms with E-state index in [1.807, 2.05) is 0 Å². The Morgan fingerprint density at radius 2 is 1.74 bits per heavy atom. The van der Waals surface area contributed by atoms with Crippen molar-refractivity contribution in [1.82, 2.24) is 5.32 Å². The molecule has 0 unspecified atom stereocenters. The van der Waals surface area contributed by atoms with Crippen LogP contribution in [-0.2, 0) is 16.4 Å². The predicted molar refractivity (Wildman–Crippen MR) is 114 cm³/mol. The van der Waals surface area contributed by atoms with Crippen LogP contribution in [0.1, 0.15) is 15.9 Å². The van der Waals surface area contributed by atoms with Crippen molar-refractivity contribution in [2.24, 2.45) is 0 Å². The molecular weight excluding hydrogens is 444 g/mol. The number of benzene rings is 3. The number of methoxy groups -OCH3 is 1. The van der Waals surface area contributed by atoms with Crippen molar-refractivity contribution >= 4 is 33.0 Å². The molecule has 0 aromatic heterocycles. The molecule has 0 spiro atoms. The van der Waals surface area contributed by atoms with E-state index in [1.54, 1.807) is 30.3 Å². The summed E-state index contributed by atoms with van der Waals surface area (Å²) in [5.41, 5.74) is -0.0599. The maximum atomic E-state index is 12.9. The highest BCUT2D eigenvalue weighted by Gasteiger charge is 2.30. The van der Waals surface area contributed by atoms with E-state index < -0.39 is 31.3 Å². The number of nitrogens with zero attached hydrogens (tertiary/aromatic N) is 1. The zero-order valence-electron chi connectivity index (χ0n) is 16.2. The second-order valence-electron chi connectivity index (χ2n) is 6.37. The van der Waals surface area contributed by atoms with Gasteiger partial charge in [0.1, 0.15) is 10.6 Å². The Bertz CT molecular complexity index is 1260. The first-order valence-corrected chi connectivity index (χ1v) is 10.8. The van der Waals surface area contributed by atoms with Gasteiger partial charge in [-0.3, -0.25) is 14.9 Å². The van der Waals surface area contributed by atoms with Gasteiger partial charge in [-0.05, 0) is 30.3 Å². The van der Waals surface area contributed by atoms with E-state index >= 15 is 0 Å². The Labute approximate surface area is 183 Å². The average Bonchev–Trinajstić information content (AvgIpc) is 2.77. The third-order valence-electron chi connectivity index (χ3n) is 4.47. The van der Waals surface area contributed by atoms with Crippen LogP contribution in [0, 0.1) is 10.1 Å². The first kappa shape index (κ1) is 22.3. The highest BCUT2D eigenvalue weighted by molar-refractivity contribution is 7.91. The van der Waals surface area contributed by atoms with Gasteiger partial charge in [-0.25, -0.2) is 8.42 Å². The van der Waals surface area contributed by atoms with Gasteiger partial charge in [-0.1, -0.05) is 41.9 Å². The number of rotatable bonds is 7. The van der Waals surface area contributed by atoms with Gasteiger partial charge in [0.2, 0.25) is 9.84 Å². The van der Waals surface area contributed by atoms with Crippen molar-refractivity contribution in [3.8, 4) is 5.75 Å². The molecule has 1 amide bonds. The van der Waals surface area contributed by atoms with E-state index in [9.17, 15) is 23.3 Å². The first-order chi connectivity index (χ1) is 14.8. The zero-order chi connectivity index (χ0) is 22.6. The zero-order valence-corrected chi connectivity index (χ0v) is 17.8. The van der Waals surface area contributed by atoms with E-state index in [2.05, 4.69) is 5.32 Å². The molecule has 0 saturated carbocycles. The summed E-state index contributed by atoms with van der Waals surface area (Å²) >= 11 is 5.97. The first-order valence-electron chi connectivity index (χ1n) is 8.94. The summed E-state index contributed by atoms with van der Waals surface area (Å²) in [5.74, 6) is -0.0225. The van der Waals surface area contributed by atoms with Crippen molar-refractivity contribution in [2.45, 2.75) is 16.3 Å². The lowest BCUT2D eigenvalue weighted by molar-refractivity contribution is -0.387. The summed E-state index contributed by atoms with van der Waals surface area (Å²) in [5, 5.41) is 14.2. The van der Waals surface area contributed by atoms with Gasteiger partial charge < -0.3 is 10.1 Å². The monoisotopic (exact) mass is 460 g/mol. The molecule has 3 aromatic rings. The largest absolute Gasteiger partial charge is 0.496 e. The highest BCUT2D eigenvalue weighted by atomic mass is 35.5. The van der Waals surface area contributed by atoms with E-state index in [4.69, 9.17) is 16.3 Å². The van der Waals surface area contributed by atoms with Gasteiger partial charge in [0.25, 0.3) is 11.6 Å². The van der Waals surface area contributed by atoms with Crippen molar-refractivity contribution in [3.05, 3.63) is 93.0 Å². The molecule has 0 fully saturated rings. The average molecular weight is 461 g/mol. The molecular formula is C21H17ClN2O6S. The molecule has 0 bridgehead atoms. The molecule has 0 saturated heterocycles. The summed E-state index contributed by atoms with van der Waals surface area (Å²) in [6.45, 7) is 0.121. The molecule has 0 aliphatic heterocycles. The van der Waals surface area contributed by atoms with Gasteiger partial charge in [-0.15, -0.1) is 0 Å². The Kier molecular flexibility index (Phi) is 6.57.